The van der Waals surface area contributed by atoms with Gasteiger partial charge >= 0.3 is 0 Å². The van der Waals surface area contributed by atoms with Gasteiger partial charge in [0.25, 0.3) is 0 Å². The van der Waals surface area contributed by atoms with E-state index in [1.165, 1.54) is 12.2 Å². The molecule has 0 aromatic carbocycles. The number of hydrogen-bond donors (Lipinski definition) is 2. The molecule has 0 spiro atoms. The van der Waals surface area contributed by atoms with Crippen molar-refractivity contribution in [3.63, 3.8) is 0 Å². The average molecular weight is 104 g/mol. The third-order valence-corrected chi connectivity index (χ3v) is 0.0500. The van der Waals surface area contributed by atoms with Crippen molar-refractivity contribution < 1.29 is 15.7 Å². The van der Waals surface area contributed by atoms with Crippen molar-refractivity contribution in [2.45, 2.75) is 0 Å². The van der Waals surface area contributed by atoms with E-state index in [4.69, 9.17) is 10.2 Å². The largest absolute Gasteiger partial charge is 0.460 e. The standard InChI is InChI=1S/C2H2O2.C2H4.H2O/c3-1-2-4;1-2;/h3-4H;1-2H2;1H2. The second kappa shape index (κ2) is 97.9. The Kier molecular flexibility index (Phi) is 237. The lowest BCUT2D eigenvalue weighted by Crippen LogP contribution is -1.44. The first-order chi connectivity index (χ1) is 2.91. The Morgan fingerprint density at radius 1 is 1.00 bits per heavy atom. The van der Waals surface area contributed by atoms with E-state index in [0.717, 1.165) is 0 Å². The molecule has 42 valence electrons. The molecule has 0 aromatic rings. The monoisotopic (exact) mass is 104 g/mol. The normalized spacial score (nSPS) is 2.29. The number of aliphatic hydroxyl groups excluding tert-OH is 2. The van der Waals surface area contributed by atoms with Crippen LogP contribution in [0.4, 0.5) is 0 Å². The lowest BCUT2D eigenvalue weighted by atomic mass is 11.2. The van der Waals surface area contributed by atoms with Crippen LogP contribution >= 0.6 is 0 Å². The molecule has 3 heteroatoms. The van der Waals surface area contributed by atoms with Crippen molar-refractivity contribution in [2.24, 2.45) is 0 Å². The molecular weight excluding hydrogens is 96.0 g/mol. The van der Waals surface area contributed by atoms with Gasteiger partial charge in [0, 0.05) is 0 Å². The van der Waals surface area contributed by atoms with Gasteiger partial charge in [-0.15, -0.1) is 13.2 Å². The zero-order valence-electron chi connectivity index (χ0n) is 3.81. The minimum absolute atomic E-state index is 0. The van der Waals surface area contributed by atoms with Crippen LogP contribution < -0.4 is 0 Å². The van der Waals surface area contributed by atoms with E-state index in [2.05, 4.69) is 13.2 Å². The van der Waals surface area contributed by atoms with E-state index in [-0.39, 0.29) is 5.48 Å². The van der Waals surface area contributed by atoms with Crippen LogP contribution in [-0.2, 0) is 0 Å². The zero-order valence-corrected chi connectivity index (χ0v) is 3.81. The first kappa shape index (κ1) is 16.9. The molecule has 0 atom stereocenters. The van der Waals surface area contributed by atoms with Gasteiger partial charge in [0.05, 0.1) is 0 Å². The summed E-state index contributed by atoms with van der Waals surface area (Å²) in [5, 5.41) is 14.5. The molecular formula is C4H8O3. The lowest BCUT2D eigenvalue weighted by Gasteiger charge is -1.44. The molecule has 0 amide bonds. The quantitative estimate of drug-likeness (QED) is 0.325. The van der Waals surface area contributed by atoms with Gasteiger partial charge in [0.15, 0.2) is 12.2 Å². The molecule has 0 aromatic heterocycles. The first-order valence-corrected chi connectivity index (χ1v) is 1.20. The summed E-state index contributed by atoms with van der Waals surface area (Å²) in [5.74, 6) is 0. The summed E-state index contributed by atoms with van der Waals surface area (Å²) in [6.07, 6.45) is 2.47. The molecule has 3 nitrogen and oxygen atoms in total. The molecule has 0 aliphatic heterocycles. The van der Waals surface area contributed by atoms with Crippen molar-refractivity contribution in [2.75, 3.05) is 0 Å². The van der Waals surface area contributed by atoms with Crippen LogP contribution in [0.1, 0.15) is 0 Å². The smallest absolute Gasteiger partial charge is 0.152 e. The fraction of sp³-hybridized carbons (Fsp3) is 0. The zero-order chi connectivity index (χ0) is 5.41. The van der Waals surface area contributed by atoms with Crippen LogP contribution in [0.25, 0.3) is 0 Å². The molecule has 0 fully saturated rings. The Balaban J connectivity index is -0.0000000480. The summed E-state index contributed by atoms with van der Waals surface area (Å²) < 4.78 is 0. The molecule has 0 radical (unpaired) electrons. The van der Waals surface area contributed by atoms with Crippen LogP contribution in [0.15, 0.2) is 13.2 Å². The van der Waals surface area contributed by atoms with E-state index in [9.17, 15) is 0 Å². The third kappa shape index (κ3) is 2030. The van der Waals surface area contributed by atoms with Crippen molar-refractivity contribution >= 4 is 0 Å². The van der Waals surface area contributed by atoms with Gasteiger partial charge in [-0.25, -0.2) is 0 Å². The van der Waals surface area contributed by atoms with Gasteiger partial charge in [0.1, 0.15) is 0 Å². The molecule has 0 saturated heterocycles. The van der Waals surface area contributed by atoms with Crippen LogP contribution in [0.3, 0.4) is 0 Å². The Labute approximate surface area is 42.2 Å². The molecule has 4 N–H and O–H groups in total. The van der Waals surface area contributed by atoms with Crippen LogP contribution in [0.5, 0.6) is 0 Å². The maximum absolute atomic E-state index is 7.26. The fourth-order valence-corrected chi connectivity index (χ4v) is 0. The van der Waals surface area contributed by atoms with E-state index in [1.807, 2.05) is 0 Å². The summed E-state index contributed by atoms with van der Waals surface area (Å²) in [4.78, 5) is 0. The molecule has 0 heterocycles. The van der Waals surface area contributed by atoms with Crippen LogP contribution in [0, 0.1) is 12.2 Å². The van der Waals surface area contributed by atoms with Gasteiger partial charge in [0.2, 0.25) is 0 Å². The number of rotatable bonds is 0. The lowest BCUT2D eigenvalue weighted by molar-refractivity contribution is 0.471. The molecule has 0 aliphatic rings. The second-order valence-corrected chi connectivity index (χ2v) is 0.224. The summed E-state index contributed by atoms with van der Waals surface area (Å²) in [7, 11) is 0. The Bertz CT molecular complexity index is 53.1. The predicted octanol–water partition coefficient (Wildman–Crippen LogP) is -0.373. The Morgan fingerprint density at radius 3 is 1.14 bits per heavy atom. The highest BCUT2D eigenvalue weighted by Gasteiger charge is 1.30. The summed E-state index contributed by atoms with van der Waals surface area (Å²) >= 11 is 0. The van der Waals surface area contributed by atoms with E-state index >= 15 is 0 Å². The highest BCUT2D eigenvalue weighted by atomic mass is 16.3. The van der Waals surface area contributed by atoms with Gasteiger partial charge in [-0.05, 0) is 0 Å². The highest BCUT2D eigenvalue weighted by molar-refractivity contribution is 4.72. The number of aliphatic hydroxyl groups is 2. The minimum Gasteiger partial charge on any atom is -0.460 e. The van der Waals surface area contributed by atoms with Gasteiger partial charge in [-0.3, -0.25) is 0 Å². The molecule has 0 rings (SSSR count). The molecule has 0 saturated carbocycles. The van der Waals surface area contributed by atoms with Gasteiger partial charge in [-0.2, -0.15) is 0 Å². The van der Waals surface area contributed by atoms with Crippen molar-refractivity contribution in [1.29, 1.82) is 0 Å². The third-order valence-electron chi connectivity index (χ3n) is 0.0500. The van der Waals surface area contributed by atoms with Crippen molar-refractivity contribution in [3.05, 3.63) is 13.2 Å². The van der Waals surface area contributed by atoms with E-state index in [1.54, 1.807) is 0 Å². The van der Waals surface area contributed by atoms with Crippen LogP contribution in [0.2, 0.25) is 0 Å². The molecule has 7 heavy (non-hydrogen) atoms. The first-order valence-electron chi connectivity index (χ1n) is 1.20. The predicted molar refractivity (Wildman–Crippen MR) is 26.5 cm³/mol. The fourth-order valence-electron chi connectivity index (χ4n) is 0. The Hall–Kier alpha value is -1.14. The molecule has 0 unspecified atom stereocenters. The second-order valence-electron chi connectivity index (χ2n) is 0.224. The topological polar surface area (TPSA) is 72.0 Å². The average Bonchev–Trinajstić information content (AvgIpc) is 1.72. The highest BCUT2D eigenvalue weighted by Crippen LogP contribution is 1.24. The van der Waals surface area contributed by atoms with E-state index < -0.39 is 0 Å². The molecule has 0 bridgehead atoms. The van der Waals surface area contributed by atoms with Crippen molar-refractivity contribution in [3.8, 4) is 12.2 Å². The molecule has 0 aliphatic carbocycles. The maximum Gasteiger partial charge on any atom is 0.152 e. The summed E-state index contributed by atoms with van der Waals surface area (Å²) in [6, 6.07) is 0. The van der Waals surface area contributed by atoms with Gasteiger partial charge in [-0.1, -0.05) is 0 Å². The Morgan fingerprint density at radius 2 is 1.14 bits per heavy atom. The summed E-state index contributed by atoms with van der Waals surface area (Å²) in [6.45, 7) is 6.00. The maximum atomic E-state index is 7.26. The van der Waals surface area contributed by atoms with E-state index in [0.29, 0.717) is 0 Å². The number of hydrogen-bond acceptors (Lipinski definition) is 2. The van der Waals surface area contributed by atoms with Gasteiger partial charge < -0.3 is 15.7 Å². The summed E-state index contributed by atoms with van der Waals surface area (Å²) in [5.41, 5.74) is 0. The SMILES string of the molecule is C=C.O.OC#CO. The minimum atomic E-state index is 0. The van der Waals surface area contributed by atoms with Crippen LogP contribution in [-0.4, -0.2) is 15.7 Å². The van der Waals surface area contributed by atoms with Crippen molar-refractivity contribution in [1.82, 2.24) is 0 Å².